The van der Waals surface area contributed by atoms with Gasteiger partial charge in [-0.25, -0.2) is 0 Å². The number of pyridine rings is 2. The van der Waals surface area contributed by atoms with Crippen LogP contribution in [0.4, 0.5) is 0 Å². The zero-order chi connectivity index (χ0) is 60.7. The molecule has 4 heterocycles. The summed E-state index contributed by atoms with van der Waals surface area (Å²) in [6.45, 7) is 0. The highest BCUT2D eigenvalue weighted by atomic mass is 28.3. The Labute approximate surface area is 532 Å². The van der Waals surface area contributed by atoms with Crippen LogP contribution in [0.1, 0.15) is 22.3 Å². The fraction of sp³-hybridized carbons (Fsp3) is 0.0353. The Morgan fingerprint density at radius 3 is 0.813 bits per heavy atom. The highest BCUT2D eigenvalue weighted by Gasteiger charge is 2.50. The van der Waals surface area contributed by atoms with Crippen LogP contribution < -0.4 is 41.5 Å². The molecule has 0 N–H and O–H groups in total. The quantitative estimate of drug-likeness (QED) is 0.0903. The van der Waals surface area contributed by atoms with Crippen LogP contribution in [-0.4, -0.2) is 35.2 Å². The molecule has 1 aliphatic rings. The fourth-order valence-corrected chi connectivity index (χ4v) is 25.4. The summed E-state index contributed by atoms with van der Waals surface area (Å²) >= 11 is 0. The minimum atomic E-state index is -2.92. The van der Waals surface area contributed by atoms with E-state index in [2.05, 4.69) is 363 Å². The van der Waals surface area contributed by atoms with Crippen LogP contribution in [0.2, 0.25) is 0 Å². The van der Waals surface area contributed by atoms with Crippen LogP contribution in [0.3, 0.4) is 0 Å². The van der Waals surface area contributed by atoms with Gasteiger partial charge in [0.05, 0.1) is 16.8 Å². The van der Waals surface area contributed by atoms with Gasteiger partial charge in [0.25, 0.3) is 0 Å². The monoisotopic (exact) mass is 1190 g/mol. The van der Waals surface area contributed by atoms with Crippen LogP contribution in [0.5, 0.6) is 0 Å². The molecule has 0 saturated heterocycles. The predicted molar refractivity (Wildman–Crippen MR) is 385 cm³/mol. The lowest BCUT2D eigenvalue weighted by Crippen LogP contribution is -2.74. The largest absolute Gasteiger partial charge is 0.344 e. The fourth-order valence-electron chi connectivity index (χ4n) is 15.9. The maximum absolute atomic E-state index is 5.55. The first kappa shape index (κ1) is 54.2. The summed E-state index contributed by atoms with van der Waals surface area (Å²) in [4.78, 5) is 11.1. The van der Waals surface area contributed by atoms with E-state index >= 15 is 0 Å². The van der Waals surface area contributed by atoms with Crippen LogP contribution >= 0.6 is 0 Å². The Morgan fingerprint density at radius 1 is 0.253 bits per heavy atom. The molecule has 0 aliphatic heterocycles. The van der Waals surface area contributed by atoms with Gasteiger partial charge in [-0.05, 0) is 112 Å². The third kappa shape index (κ3) is 8.19. The van der Waals surface area contributed by atoms with Gasteiger partial charge >= 0.3 is 0 Å². The first-order valence-electron chi connectivity index (χ1n) is 31.5. The highest BCUT2D eigenvalue weighted by molar-refractivity contribution is 7.20. The summed E-state index contributed by atoms with van der Waals surface area (Å²) < 4.78 is 4.79. The Balaban J connectivity index is 0.980. The molecule has 0 fully saturated rings. The standard InChI is InChI=1S/C85H62N4Si2/c1-88-79-47-43-63(53-73(79)75-55-71(45-49-81(75)88)90(65-31-15-5-16-32-65,66-33-17-6-18-34-66)67-35-19-7-20-36-67)85(77-51-61(59-27-11-3-12-28-59)57-86-83(77)84-78(85)52-62(58-87-84)60-29-13-4-14-30-60)64-44-48-80-74(54-64)76-56-72(46-50-82(76)89(80)2)91(68-37-21-8-22-38-68,69-39-23-9-24-40-69)70-41-25-10-26-42-70/h3-58H,1-2H3. The van der Waals surface area contributed by atoms with E-state index in [0.29, 0.717) is 0 Å². The maximum Gasteiger partial charge on any atom is 0.179 e. The number of hydrogen-bond acceptors (Lipinski definition) is 2. The Bertz CT molecular complexity index is 4870. The van der Waals surface area contributed by atoms with Crippen molar-refractivity contribution < 1.29 is 0 Å². The molecular formula is C85H62N4Si2. The summed E-state index contributed by atoms with van der Waals surface area (Å²) in [6, 6.07) is 123. The lowest BCUT2D eigenvalue weighted by molar-refractivity contribution is 0.768. The Kier molecular flexibility index (Phi) is 12.9. The van der Waals surface area contributed by atoms with E-state index in [0.717, 1.165) is 55.9 Å². The van der Waals surface area contributed by atoms with Gasteiger partial charge in [0, 0.05) is 92.4 Å². The molecule has 0 radical (unpaired) electrons. The van der Waals surface area contributed by atoms with Gasteiger partial charge in [-0.2, -0.15) is 0 Å². The molecule has 0 saturated carbocycles. The molecule has 6 heteroatoms. The normalized spacial score (nSPS) is 12.8. The lowest BCUT2D eigenvalue weighted by atomic mass is 9.67. The number of aryl methyl sites for hydroxylation is 2. The van der Waals surface area contributed by atoms with E-state index in [1.807, 2.05) is 0 Å². The number of fused-ring (bicyclic) bond motifs is 9. The Morgan fingerprint density at radius 2 is 0.516 bits per heavy atom. The van der Waals surface area contributed by atoms with Crippen molar-refractivity contribution in [3.05, 3.63) is 362 Å². The summed E-state index contributed by atoms with van der Waals surface area (Å²) in [5.41, 5.74) is 14.4. The molecule has 4 nitrogen and oxygen atoms in total. The van der Waals surface area contributed by atoms with E-state index in [9.17, 15) is 0 Å². The summed E-state index contributed by atoms with van der Waals surface area (Å²) in [5, 5.41) is 15.6. The predicted octanol–water partition coefficient (Wildman–Crippen LogP) is 14.2. The number of benzene rings is 12. The van der Waals surface area contributed by atoms with Crippen molar-refractivity contribution in [3.63, 3.8) is 0 Å². The van der Waals surface area contributed by atoms with Crippen LogP contribution in [-0.2, 0) is 19.5 Å². The molecular weight excluding hydrogens is 1130 g/mol. The third-order valence-corrected chi connectivity index (χ3v) is 29.6. The number of nitrogens with zero attached hydrogens (tertiary/aromatic N) is 4. The third-order valence-electron chi connectivity index (χ3n) is 20.0. The highest BCUT2D eigenvalue weighted by Crippen LogP contribution is 2.57. The van der Waals surface area contributed by atoms with E-state index in [1.54, 1.807) is 0 Å². The van der Waals surface area contributed by atoms with Crippen molar-refractivity contribution in [2.45, 2.75) is 5.41 Å². The second-order valence-electron chi connectivity index (χ2n) is 24.5. The number of rotatable bonds is 12. The van der Waals surface area contributed by atoms with Gasteiger partial charge < -0.3 is 9.13 Å². The van der Waals surface area contributed by atoms with Gasteiger partial charge in [0.2, 0.25) is 0 Å². The van der Waals surface area contributed by atoms with Crippen LogP contribution in [0, 0.1) is 0 Å². The Hall–Kier alpha value is -11.0. The molecule has 0 bridgehead atoms. The van der Waals surface area contributed by atoms with Crippen molar-refractivity contribution in [1.82, 2.24) is 19.1 Å². The van der Waals surface area contributed by atoms with Crippen molar-refractivity contribution in [2.75, 3.05) is 0 Å². The molecule has 0 unspecified atom stereocenters. The zero-order valence-electron chi connectivity index (χ0n) is 50.6. The molecule has 16 aromatic rings. The smallest absolute Gasteiger partial charge is 0.179 e. The van der Waals surface area contributed by atoms with Crippen LogP contribution in [0.15, 0.2) is 340 Å². The second-order valence-corrected chi connectivity index (χ2v) is 32.1. The second kappa shape index (κ2) is 21.6. The van der Waals surface area contributed by atoms with Gasteiger partial charge in [-0.15, -0.1) is 0 Å². The topological polar surface area (TPSA) is 35.6 Å². The van der Waals surface area contributed by atoms with E-state index in [1.165, 1.54) is 85.1 Å². The van der Waals surface area contributed by atoms with Gasteiger partial charge in [0.1, 0.15) is 0 Å². The molecule has 430 valence electrons. The maximum atomic E-state index is 5.55. The van der Waals surface area contributed by atoms with Crippen molar-refractivity contribution in [1.29, 1.82) is 0 Å². The molecule has 0 atom stereocenters. The SMILES string of the molecule is Cn1c2ccc(C3(c4ccc5c(c4)c4cc([Si](c6ccccc6)(c6ccccc6)c6ccccc6)ccc4n5C)c4cc(-c5ccccc5)cnc4-c4ncc(-c5ccccc5)cc43)cc2c2cc([Si](c3ccccc3)(c3ccccc3)c3ccccc3)ccc21. The zero-order valence-corrected chi connectivity index (χ0v) is 52.6. The van der Waals surface area contributed by atoms with E-state index in [-0.39, 0.29) is 0 Å². The first-order chi connectivity index (χ1) is 44.9. The molecule has 17 rings (SSSR count). The van der Waals surface area contributed by atoms with E-state index < -0.39 is 21.6 Å². The molecule has 1 aliphatic carbocycles. The van der Waals surface area contributed by atoms with Crippen molar-refractivity contribution in [3.8, 4) is 33.6 Å². The minimum Gasteiger partial charge on any atom is -0.344 e. The van der Waals surface area contributed by atoms with Gasteiger partial charge in [0.15, 0.2) is 16.1 Å². The van der Waals surface area contributed by atoms with Crippen molar-refractivity contribution >= 4 is 101 Å². The summed E-state index contributed by atoms with van der Waals surface area (Å²) in [6.07, 6.45) is 4.10. The van der Waals surface area contributed by atoms with E-state index in [4.69, 9.17) is 9.97 Å². The molecule has 0 amide bonds. The number of aromatic nitrogens is 4. The van der Waals surface area contributed by atoms with Gasteiger partial charge in [-0.3, -0.25) is 9.97 Å². The summed E-state index contributed by atoms with van der Waals surface area (Å²) in [7, 11) is -1.38. The molecule has 91 heavy (non-hydrogen) atoms. The number of hydrogen-bond donors (Lipinski definition) is 0. The minimum absolute atomic E-state index is 0.892. The lowest BCUT2D eigenvalue weighted by Gasteiger charge is -2.34. The molecule has 4 aromatic heterocycles. The summed E-state index contributed by atoms with van der Waals surface area (Å²) in [5.74, 6) is 0. The molecule has 0 spiro atoms. The van der Waals surface area contributed by atoms with Crippen molar-refractivity contribution in [2.24, 2.45) is 14.1 Å². The average Bonchev–Trinajstić information content (AvgIpc) is 1.56. The average molecular weight is 1200 g/mol. The molecule has 12 aromatic carbocycles. The van der Waals surface area contributed by atoms with Gasteiger partial charge in [-0.1, -0.05) is 279 Å². The first-order valence-corrected chi connectivity index (χ1v) is 35.5. The van der Waals surface area contributed by atoms with Crippen LogP contribution in [0.25, 0.3) is 77.3 Å².